The smallest absolute Gasteiger partial charge is 0.227 e. The van der Waals surface area contributed by atoms with Gasteiger partial charge in [0.15, 0.2) is 23.1 Å². The van der Waals surface area contributed by atoms with Gasteiger partial charge in [0.2, 0.25) is 5.89 Å². The van der Waals surface area contributed by atoms with Gasteiger partial charge < -0.3 is 4.42 Å². The molecule has 0 unspecified atom stereocenters. The normalized spacial score (nSPS) is 11.1. The minimum absolute atomic E-state index is 0.554. The summed E-state index contributed by atoms with van der Waals surface area (Å²) in [6.07, 6.45) is 0. The molecule has 0 saturated heterocycles. The molecule has 6 nitrogen and oxygen atoms in total. The zero-order valence-electron chi connectivity index (χ0n) is 30.5. The molecule has 10 aromatic rings. The lowest BCUT2D eigenvalue weighted by molar-refractivity contribution is 0.623. The minimum atomic E-state index is 0.554. The van der Waals surface area contributed by atoms with E-state index in [2.05, 4.69) is 66.7 Å². The Hall–Kier alpha value is -8.01. The highest BCUT2D eigenvalue weighted by Gasteiger charge is 2.19. The van der Waals surface area contributed by atoms with E-state index in [0.717, 1.165) is 71.9 Å². The number of nitrogens with zero attached hydrogens (tertiary/aromatic N) is 5. The molecule has 0 saturated carbocycles. The van der Waals surface area contributed by atoms with E-state index in [1.807, 2.05) is 127 Å². The van der Waals surface area contributed by atoms with Crippen molar-refractivity contribution in [2.75, 3.05) is 0 Å². The highest BCUT2D eigenvalue weighted by Crippen LogP contribution is 2.41. The van der Waals surface area contributed by atoms with E-state index in [1.54, 1.807) is 0 Å². The molecule has 0 aliphatic rings. The number of benzene rings is 8. The average molecular weight is 730 g/mol. The maximum absolute atomic E-state index is 10.1. The molecule has 0 aliphatic carbocycles. The van der Waals surface area contributed by atoms with Gasteiger partial charge in [-0.15, -0.1) is 0 Å². The van der Waals surface area contributed by atoms with Crippen LogP contribution >= 0.6 is 0 Å². The number of nitriles is 1. The second-order valence-electron chi connectivity index (χ2n) is 13.8. The Labute approximate surface area is 329 Å². The zero-order chi connectivity index (χ0) is 38.1. The molecular formula is C51H31N5O. The van der Waals surface area contributed by atoms with Gasteiger partial charge in [-0.05, 0) is 75.2 Å². The molecule has 0 atom stereocenters. The summed E-state index contributed by atoms with van der Waals surface area (Å²) in [5.74, 6) is 2.34. The molecule has 266 valence electrons. The number of fused-ring (bicyclic) bond motifs is 3. The molecule has 10 rings (SSSR count). The average Bonchev–Trinajstić information content (AvgIpc) is 3.74. The van der Waals surface area contributed by atoms with E-state index in [-0.39, 0.29) is 0 Å². The van der Waals surface area contributed by atoms with E-state index in [0.29, 0.717) is 34.5 Å². The van der Waals surface area contributed by atoms with Gasteiger partial charge in [-0.25, -0.2) is 19.9 Å². The molecular weight excluding hydrogens is 699 g/mol. The van der Waals surface area contributed by atoms with Crippen LogP contribution in [0.15, 0.2) is 192 Å². The molecule has 0 radical (unpaired) electrons. The van der Waals surface area contributed by atoms with Crippen LogP contribution in [0.4, 0.5) is 0 Å². The van der Waals surface area contributed by atoms with Crippen molar-refractivity contribution in [1.29, 1.82) is 5.26 Å². The first-order chi connectivity index (χ1) is 28.2. The first-order valence-electron chi connectivity index (χ1n) is 18.7. The Morgan fingerprint density at radius 2 is 0.930 bits per heavy atom. The molecule has 0 bridgehead atoms. The van der Waals surface area contributed by atoms with Crippen molar-refractivity contribution in [3.05, 3.63) is 194 Å². The Kier molecular flexibility index (Phi) is 8.44. The molecule has 0 fully saturated rings. The monoisotopic (exact) mass is 729 g/mol. The Morgan fingerprint density at radius 3 is 1.61 bits per heavy atom. The molecule has 0 spiro atoms. The van der Waals surface area contributed by atoms with Crippen LogP contribution in [-0.4, -0.2) is 19.9 Å². The Bertz CT molecular complexity index is 3120. The zero-order valence-corrected chi connectivity index (χ0v) is 30.5. The summed E-state index contributed by atoms with van der Waals surface area (Å²) in [6.45, 7) is 0. The maximum Gasteiger partial charge on any atom is 0.227 e. The molecule has 2 heterocycles. The van der Waals surface area contributed by atoms with E-state index in [9.17, 15) is 5.26 Å². The van der Waals surface area contributed by atoms with Crippen LogP contribution in [0.25, 0.3) is 101 Å². The summed E-state index contributed by atoms with van der Waals surface area (Å²) in [5.41, 5.74) is 11.7. The third-order valence-electron chi connectivity index (χ3n) is 10.2. The quantitative estimate of drug-likeness (QED) is 0.162. The molecule has 0 aliphatic heterocycles. The molecule has 2 aromatic heterocycles. The summed E-state index contributed by atoms with van der Waals surface area (Å²) >= 11 is 0. The fourth-order valence-electron chi connectivity index (χ4n) is 7.41. The molecule has 0 amide bonds. The van der Waals surface area contributed by atoms with Crippen LogP contribution in [0.3, 0.4) is 0 Å². The van der Waals surface area contributed by atoms with Crippen LogP contribution in [0.5, 0.6) is 0 Å². The van der Waals surface area contributed by atoms with Crippen molar-refractivity contribution >= 4 is 21.9 Å². The number of aromatic nitrogens is 4. The first kappa shape index (κ1) is 33.6. The number of rotatable bonds is 7. The van der Waals surface area contributed by atoms with Gasteiger partial charge in [0, 0.05) is 27.6 Å². The Balaban J connectivity index is 1.08. The van der Waals surface area contributed by atoms with Gasteiger partial charge in [-0.2, -0.15) is 5.26 Å². The number of oxazole rings is 1. The van der Waals surface area contributed by atoms with Crippen molar-refractivity contribution in [3.63, 3.8) is 0 Å². The van der Waals surface area contributed by atoms with Gasteiger partial charge in [0.25, 0.3) is 0 Å². The lowest BCUT2D eigenvalue weighted by Gasteiger charge is -2.14. The van der Waals surface area contributed by atoms with E-state index in [1.165, 1.54) is 0 Å². The van der Waals surface area contributed by atoms with Gasteiger partial charge in [0.1, 0.15) is 5.52 Å². The summed E-state index contributed by atoms with van der Waals surface area (Å²) in [5, 5.41) is 11.9. The predicted molar refractivity (Wildman–Crippen MR) is 228 cm³/mol. The van der Waals surface area contributed by atoms with Crippen LogP contribution in [0.2, 0.25) is 0 Å². The van der Waals surface area contributed by atoms with E-state index < -0.39 is 0 Å². The second-order valence-corrected chi connectivity index (χ2v) is 13.8. The largest absolute Gasteiger partial charge is 0.435 e. The SMILES string of the molecule is N#Cc1cc(-c2ccccc2-c2ccc(-c3nc(-c4ccccc4)nc(-c4cccc(-c5ccccc5)c4)n3)cc2)c2c(ccc3nc(-c4ccccc4)oc32)c1. The highest BCUT2D eigenvalue weighted by molar-refractivity contribution is 6.13. The van der Waals surface area contributed by atoms with Crippen molar-refractivity contribution in [2.45, 2.75) is 0 Å². The Morgan fingerprint density at radius 1 is 0.386 bits per heavy atom. The summed E-state index contributed by atoms with van der Waals surface area (Å²) in [6, 6.07) is 65.3. The number of hydrogen-bond acceptors (Lipinski definition) is 6. The van der Waals surface area contributed by atoms with Crippen LogP contribution < -0.4 is 0 Å². The maximum atomic E-state index is 10.1. The van der Waals surface area contributed by atoms with Gasteiger partial charge in [-0.1, -0.05) is 152 Å². The third-order valence-corrected chi connectivity index (χ3v) is 10.2. The van der Waals surface area contributed by atoms with Crippen molar-refractivity contribution < 1.29 is 4.42 Å². The fraction of sp³-hybridized carbons (Fsp3) is 0. The van der Waals surface area contributed by atoms with E-state index >= 15 is 0 Å². The molecule has 6 heteroatoms. The van der Waals surface area contributed by atoms with Crippen molar-refractivity contribution in [2.24, 2.45) is 0 Å². The van der Waals surface area contributed by atoms with Gasteiger partial charge >= 0.3 is 0 Å². The summed E-state index contributed by atoms with van der Waals surface area (Å²) in [7, 11) is 0. The molecule has 57 heavy (non-hydrogen) atoms. The lowest BCUT2D eigenvalue weighted by Crippen LogP contribution is -2.00. The fourth-order valence-corrected chi connectivity index (χ4v) is 7.41. The third kappa shape index (κ3) is 6.39. The van der Waals surface area contributed by atoms with Crippen molar-refractivity contribution in [3.8, 4) is 85.1 Å². The second kappa shape index (κ2) is 14.3. The molecule has 0 N–H and O–H groups in total. The van der Waals surface area contributed by atoms with Crippen LogP contribution in [0, 0.1) is 11.3 Å². The molecule has 8 aromatic carbocycles. The van der Waals surface area contributed by atoms with Crippen molar-refractivity contribution in [1.82, 2.24) is 19.9 Å². The first-order valence-corrected chi connectivity index (χ1v) is 18.7. The van der Waals surface area contributed by atoms with Gasteiger partial charge in [-0.3, -0.25) is 0 Å². The standard InChI is InChI=1S/C51H31N5O/c52-32-33-29-40-27-28-45-47(57-51(53-45)38-17-8-3-9-18-38)46(40)44(30-33)43-22-11-10-21-42(43)35-23-25-37(26-24-35)49-54-48(36-15-6-2-7-16-36)55-50(56-49)41-20-12-19-39(31-41)34-13-4-1-5-14-34/h1-31H. The predicted octanol–water partition coefficient (Wildman–Crippen LogP) is 12.7. The van der Waals surface area contributed by atoms with Crippen LogP contribution in [-0.2, 0) is 0 Å². The van der Waals surface area contributed by atoms with E-state index in [4.69, 9.17) is 24.4 Å². The number of hydrogen-bond donors (Lipinski definition) is 0. The summed E-state index contributed by atoms with van der Waals surface area (Å²) < 4.78 is 6.51. The highest BCUT2D eigenvalue weighted by atomic mass is 16.3. The van der Waals surface area contributed by atoms with Crippen LogP contribution in [0.1, 0.15) is 5.56 Å². The lowest BCUT2D eigenvalue weighted by atomic mass is 9.89. The van der Waals surface area contributed by atoms with Gasteiger partial charge in [0.05, 0.1) is 11.6 Å². The topological polar surface area (TPSA) is 88.5 Å². The minimum Gasteiger partial charge on any atom is -0.435 e. The summed E-state index contributed by atoms with van der Waals surface area (Å²) in [4.78, 5) is 19.8.